The number of para-hydroxylation sites is 1. The molecule has 0 aliphatic rings. The molecule has 4 aromatic rings. The molecule has 0 aliphatic carbocycles. The van der Waals surface area contributed by atoms with Gasteiger partial charge in [0.2, 0.25) is 11.7 Å². The Labute approximate surface area is 174 Å². The smallest absolute Gasteiger partial charge is 0.323 e. The zero-order chi connectivity index (χ0) is 20.5. The number of hydrogen-bond acceptors (Lipinski definition) is 5. The third kappa shape index (κ3) is 3.47. The van der Waals surface area contributed by atoms with Crippen LogP contribution in [-0.2, 0) is 17.9 Å². The number of carbonyl (C=O) groups excluding carboxylic acids is 1. The lowest BCUT2D eigenvalue weighted by atomic mass is 10.3. The van der Waals surface area contributed by atoms with Crippen LogP contribution in [0.1, 0.15) is 19.8 Å². The van der Waals surface area contributed by atoms with E-state index in [1.54, 1.807) is 35.7 Å². The molecule has 1 aromatic carbocycles. The van der Waals surface area contributed by atoms with E-state index in [2.05, 4.69) is 10.4 Å². The van der Waals surface area contributed by atoms with Crippen LogP contribution in [0.2, 0.25) is 5.02 Å². The number of rotatable bonds is 6. The van der Waals surface area contributed by atoms with Crippen LogP contribution in [-0.4, -0.2) is 24.7 Å². The number of nitrogens with one attached hydrogen (secondary N) is 1. The van der Waals surface area contributed by atoms with E-state index in [-0.39, 0.29) is 17.9 Å². The minimum absolute atomic E-state index is 0.173. The van der Waals surface area contributed by atoms with Crippen molar-refractivity contribution in [3.63, 3.8) is 0 Å². The second-order valence-electron chi connectivity index (χ2n) is 6.55. The number of nitrogens with zero attached hydrogens (tertiary/aromatic N) is 4. The van der Waals surface area contributed by atoms with Gasteiger partial charge in [0, 0.05) is 6.54 Å². The zero-order valence-electron chi connectivity index (χ0n) is 15.6. The minimum atomic E-state index is -0.469. The average molecular weight is 432 g/mol. The Morgan fingerprint density at radius 2 is 2.03 bits per heavy atom. The maximum atomic E-state index is 13.0. The highest BCUT2D eigenvalue weighted by Gasteiger charge is 2.19. The second kappa shape index (κ2) is 7.84. The number of aryl methyl sites for hydroxylation is 1. The van der Waals surface area contributed by atoms with Crippen molar-refractivity contribution in [3.05, 3.63) is 61.6 Å². The molecule has 0 unspecified atom stereocenters. The van der Waals surface area contributed by atoms with Crippen LogP contribution in [0.3, 0.4) is 0 Å². The van der Waals surface area contributed by atoms with Gasteiger partial charge in [-0.3, -0.25) is 14.2 Å². The molecule has 4 rings (SSSR count). The topological polar surface area (TPSA) is 90.4 Å². The summed E-state index contributed by atoms with van der Waals surface area (Å²) in [5.74, 6) is -0.197. The van der Waals surface area contributed by atoms with Gasteiger partial charge in [-0.2, -0.15) is 0 Å². The van der Waals surface area contributed by atoms with Gasteiger partial charge in [0.1, 0.15) is 11.2 Å². The first-order chi connectivity index (χ1) is 14.0. The molecule has 1 N–H and O–H groups in total. The molecule has 0 fully saturated rings. The molecule has 10 heteroatoms. The molecule has 0 aliphatic heterocycles. The molecule has 3 heterocycles. The summed E-state index contributed by atoms with van der Waals surface area (Å²) in [6.07, 6.45) is 1.67. The molecule has 8 nitrogen and oxygen atoms in total. The summed E-state index contributed by atoms with van der Waals surface area (Å²) in [6, 6.07) is 8.55. The fourth-order valence-electron chi connectivity index (χ4n) is 3.14. The Hall–Kier alpha value is -2.91. The predicted molar refractivity (Wildman–Crippen MR) is 114 cm³/mol. The number of aromatic nitrogens is 4. The normalized spacial score (nSPS) is 11.4. The molecule has 0 atom stereocenters. The molecule has 0 saturated heterocycles. The summed E-state index contributed by atoms with van der Waals surface area (Å²) in [7, 11) is 0. The summed E-state index contributed by atoms with van der Waals surface area (Å²) in [4.78, 5) is 38.3. The van der Waals surface area contributed by atoms with E-state index in [9.17, 15) is 14.4 Å². The summed E-state index contributed by atoms with van der Waals surface area (Å²) in [6.45, 7) is 2.18. The minimum Gasteiger partial charge on any atom is -0.323 e. The van der Waals surface area contributed by atoms with Gasteiger partial charge in [-0.05, 0) is 30.0 Å². The maximum Gasteiger partial charge on any atom is 0.352 e. The van der Waals surface area contributed by atoms with Gasteiger partial charge in [-0.25, -0.2) is 13.9 Å². The lowest BCUT2D eigenvalue weighted by molar-refractivity contribution is -0.117. The SMILES string of the molecule is CCCCn1c(=O)c2sccc2n2c(=O)n(CC(=O)Nc3ccccc3Cl)nc12. The molecule has 0 bridgehead atoms. The highest BCUT2D eigenvalue weighted by molar-refractivity contribution is 7.17. The molecule has 1 amide bonds. The lowest BCUT2D eigenvalue weighted by Crippen LogP contribution is -2.29. The monoisotopic (exact) mass is 431 g/mol. The number of anilines is 1. The first kappa shape index (κ1) is 19.4. The van der Waals surface area contributed by atoms with Crippen molar-refractivity contribution < 1.29 is 4.79 Å². The Bertz CT molecular complexity index is 1330. The molecule has 0 radical (unpaired) electrons. The molecule has 0 saturated carbocycles. The Morgan fingerprint density at radius 3 is 2.79 bits per heavy atom. The van der Waals surface area contributed by atoms with Crippen molar-refractivity contribution in [2.24, 2.45) is 0 Å². The van der Waals surface area contributed by atoms with Gasteiger partial charge in [-0.15, -0.1) is 16.4 Å². The van der Waals surface area contributed by atoms with Crippen molar-refractivity contribution in [1.29, 1.82) is 0 Å². The number of unbranched alkanes of at least 4 members (excludes halogenated alkanes) is 1. The number of benzene rings is 1. The van der Waals surface area contributed by atoms with Gasteiger partial charge >= 0.3 is 5.69 Å². The molecular formula is C19H18ClN5O3S. The molecule has 150 valence electrons. The van der Waals surface area contributed by atoms with Crippen molar-refractivity contribution >= 4 is 50.5 Å². The lowest BCUT2D eigenvalue weighted by Gasteiger charge is -2.06. The fraction of sp³-hybridized carbons (Fsp3) is 0.263. The number of amides is 1. The second-order valence-corrected chi connectivity index (χ2v) is 7.87. The van der Waals surface area contributed by atoms with E-state index in [0.29, 0.717) is 27.5 Å². The van der Waals surface area contributed by atoms with Crippen LogP contribution in [0.25, 0.3) is 16.0 Å². The van der Waals surface area contributed by atoms with E-state index in [0.717, 1.165) is 17.5 Å². The molecule has 0 spiro atoms. The van der Waals surface area contributed by atoms with Crippen LogP contribution in [0.5, 0.6) is 0 Å². The number of halogens is 1. The van der Waals surface area contributed by atoms with Gasteiger partial charge in [0.05, 0.1) is 16.2 Å². The van der Waals surface area contributed by atoms with Crippen molar-refractivity contribution in [3.8, 4) is 0 Å². The molecular weight excluding hydrogens is 414 g/mol. The highest BCUT2D eigenvalue weighted by Crippen LogP contribution is 2.20. The summed E-state index contributed by atoms with van der Waals surface area (Å²) < 4.78 is 4.47. The van der Waals surface area contributed by atoms with Crippen LogP contribution >= 0.6 is 22.9 Å². The van der Waals surface area contributed by atoms with Crippen LogP contribution in [0, 0.1) is 0 Å². The van der Waals surface area contributed by atoms with Crippen molar-refractivity contribution in [2.75, 3.05) is 5.32 Å². The van der Waals surface area contributed by atoms with Crippen LogP contribution in [0.15, 0.2) is 45.3 Å². The molecule has 29 heavy (non-hydrogen) atoms. The first-order valence-electron chi connectivity index (χ1n) is 9.15. The third-order valence-corrected chi connectivity index (χ3v) is 5.79. The van der Waals surface area contributed by atoms with Crippen molar-refractivity contribution in [1.82, 2.24) is 18.7 Å². The number of fused-ring (bicyclic) bond motifs is 3. The number of thiophene rings is 1. The van der Waals surface area contributed by atoms with Crippen LogP contribution in [0.4, 0.5) is 5.69 Å². The van der Waals surface area contributed by atoms with E-state index in [1.165, 1.54) is 20.3 Å². The van der Waals surface area contributed by atoms with Crippen LogP contribution < -0.4 is 16.6 Å². The molecule has 3 aromatic heterocycles. The van der Waals surface area contributed by atoms with E-state index in [4.69, 9.17) is 11.6 Å². The number of hydrogen-bond donors (Lipinski definition) is 1. The Balaban J connectivity index is 1.77. The van der Waals surface area contributed by atoms with E-state index >= 15 is 0 Å². The largest absolute Gasteiger partial charge is 0.352 e. The van der Waals surface area contributed by atoms with Gasteiger partial charge < -0.3 is 5.32 Å². The highest BCUT2D eigenvalue weighted by atomic mass is 35.5. The fourth-order valence-corrected chi connectivity index (χ4v) is 4.15. The zero-order valence-corrected chi connectivity index (χ0v) is 17.2. The Kier molecular flexibility index (Phi) is 5.25. The van der Waals surface area contributed by atoms with E-state index < -0.39 is 11.6 Å². The van der Waals surface area contributed by atoms with Gasteiger partial charge in [-0.1, -0.05) is 37.1 Å². The average Bonchev–Trinajstić information content (AvgIpc) is 3.29. The predicted octanol–water partition coefficient (Wildman–Crippen LogP) is 2.96. The summed E-state index contributed by atoms with van der Waals surface area (Å²) in [5, 5.41) is 9.14. The standard InChI is InChI=1S/C19H18ClN5O3S/c1-2-3-9-23-17(27)16-14(8-10-29-16)25-18(23)22-24(19(25)28)11-15(26)21-13-7-5-4-6-12(13)20/h4-8,10H,2-3,9,11H2,1H3,(H,21,26). The quantitative estimate of drug-likeness (QED) is 0.508. The Morgan fingerprint density at radius 1 is 1.24 bits per heavy atom. The maximum absolute atomic E-state index is 13.0. The summed E-state index contributed by atoms with van der Waals surface area (Å²) >= 11 is 7.35. The van der Waals surface area contributed by atoms with Gasteiger partial charge in [0.25, 0.3) is 5.56 Å². The number of carbonyl (C=O) groups is 1. The third-order valence-electron chi connectivity index (χ3n) is 4.57. The van der Waals surface area contributed by atoms with Crippen molar-refractivity contribution in [2.45, 2.75) is 32.9 Å². The first-order valence-corrected chi connectivity index (χ1v) is 10.4. The summed E-state index contributed by atoms with van der Waals surface area (Å²) in [5.41, 5.74) is 0.318. The van der Waals surface area contributed by atoms with E-state index in [1.807, 2.05) is 6.92 Å². The van der Waals surface area contributed by atoms with Gasteiger partial charge in [0.15, 0.2) is 0 Å².